The molecule has 0 aromatic rings. The third kappa shape index (κ3) is 1.79. The zero-order valence-electron chi connectivity index (χ0n) is 7.29. The van der Waals surface area contributed by atoms with Crippen LogP contribution in [0.2, 0.25) is 0 Å². The Labute approximate surface area is 67.8 Å². The molecule has 0 spiro atoms. The van der Waals surface area contributed by atoms with Gasteiger partial charge in [0.25, 0.3) is 0 Å². The second-order valence-electron chi connectivity index (χ2n) is 3.66. The van der Waals surface area contributed by atoms with Gasteiger partial charge in [-0.05, 0) is 25.8 Å². The molecule has 1 aliphatic carbocycles. The van der Waals surface area contributed by atoms with Gasteiger partial charge in [-0.3, -0.25) is 4.79 Å². The van der Waals surface area contributed by atoms with Crippen molar-refractivity contribution in [2.75, 3.05) is 0 Å². The molecule has 1 nitrogen and oxygen atoms in total. The van der Waals surface area contributed by atoms with Gasteiger partial charge in [-0.25, -0.2) is 0 Å². The van der Waals surface area contributed by atoms with Crippen molar-refractivity contribution in [3.05, 3.63) is 24.3 Å². The molecule has 1 heteroatoms. The van der Waals surface area contributed by atoms with Crippen LogP contribution in [0.3, 0.4) is 0 Å². The highest BCUT2D eigenvalue weighted by molar-refractivity contribution is 5.96. The fourth-order valence-corrected chi connectivity index (χ4v) is 0.993. The summed E-state index contributed by atoms with van der Waals surface area (Å²) in [5, 5.41) is 0. The molecular weight excluding hydrogens is 136 g/mol. The first kappa shape index (κ1) is 8.25. The summed E-state index contributed by atoms with van der Waals surface area (Å²) in [6.45, 7) is 5.95. The van der Waals surface area contributed by atoms with Crippen LogP contribution in [0, 0.1) is 11.3 Å². The van der Waals surface area contributed by atoms with E-state index in [4.69, 9.17) is 0 Å². The van der Waals surface area contributed by atoms with Crippen molar-refractivity contribution in [2.24, 2.45) is 11.3 Å². The molecular formula is C10H14O. The zero-order chi connectivity index (χ0) is 8.48. The molecule has 0 bridgehead atoms. The topological polar surface area (TPSA) is 17.1 Å². The molecule has 1 atom stereocenters. The van der Waals surface area contributed by atoms with E-state index in [0.717, 1.165) is 0 Å². The van der Waals surface area contributed by atoms with Crippen molar-refractivity contribution < 1.29 is 4.79 Å². The number of hydrogen-bond acceptors (Lipinski definition) is 1. The van der Waals surface area contributed by atoms with Crippen molar-refractivity contribution in [1.82, 2.24) is 0 Å². The quantitative estimate of drug-likeness (QED) is 0.484. The Bertz CT molecular complexity index is 221. The lowest BCUT2D eigenvalue weighted by Crippen LogP contribution is -2.18. The fourth-order valence-electron chi connectivity index (χ4n) is 0.993. The lowest BCUT2D eigenvalue weighted by molar-refractivity contribution is -0.120. The summed E-state index contributed by atoms with van der Waals surface area (Å²) < 4.78 is 0. The fraction of sp³-hybridized carbons (Fsp3) is 0.500. The molecule has 1 rings (SSSR count). The van der Waals surface area contributed by atoms with E-state index in [9.17, 15) is 4.79 Å². The van der Waals surface area contributed by atoms with Gasteiger partial charge in [0.05, 0.1) is 0 Å². The lowest BCUT2D eigenvalue weighted by Gasteiger charge is -2.14. The van der Waals surface area contributed by atoms with Crippen LogP contribution in [0.25, 0.3) is 0 Å². The summed E-state index contributed by atoms with van der Waals surface area (Å²) in [5.41, 5.74) is -0.304. The van der Waals surface area contributed by atoms with Crippen LogP contribution in [0.4, 0.5) is 0 Å². The average molecular weight is 150 g/mol. The predicted octanol–water partition coefficient (Wildman–Crippen LogP) is 2.34. The molecule has 0 aliphatic heterocycles. The Morgan fingerprint density at radius 1 is 1.36 bits per heavy atom. The van der Waals surface area contributed by atoms with E-state index in [2.05, 4.69) is 13.0 Å². The van der Waals surface area contributed by atoms with E-state index in [0.29, 0.717) is 5.92 Å². The molecule has 0 radical (unpaired) electrons. The van der Waals surface area contributed by atoms with Crippen molar-refractivity contribution in [3.63, 3.8) is 0 Å². The standard InChI is InChI=1S/C10H14O/c1-8-4-5-9(11)10(2,3)7-6-8/h4-8H,1-3H3. The summed E-state index contributed by atoms with van der Waals surface area (Å²) >= 11 is 0. The van der Waals surface area contributed by atoms with Crippen molar-refractivity contribution in [1.29, 1.82) is 0 Å². The van der Waals surface area contributed by atoms with Crippen LogP contribution in [-0.4, -0.2) is 5.78 Å². The zero-order valence-corrected chi connectivity index (χ0v) is 7.29. The van der Waals surface area contributed by atoms with E-state index < -0.39 is 0 Å². The molecule has 0 fully saturated rings. The first-order chi connectivity index (χ1) is 5.02. The Kier molecular flexibility index (Phi) is 1.99. The molecule has 0 aromatic heterocycles. The largest absolute Gasteiger partial charge is 0.294 e. The van der Waals surface area contributed by atoms with Gasteiger partial charge >= 0.3 is 0 Å². The van der Waals surface area contributed by atoms with Crippen molar-refractivity contribution in [2.45, 2.75) is 20.8 Å². The minimum Gasteiger partial charge on any atom is -0.294 e. The van der Waals surface area contributed by atoms with Crippen LogP contribution in [0.1, 0.15) is 20.8 Å². The summed E-state index contributed by atoms with van der Waals surface area (Å²) in [6, 6.07) is 0. The van der Waals surface area contributed by atoms with Crippen LogP contribution < -0.4 is 0 Å². The van der Waals surface area contributed by atoms with Gasteiger partial charge < -0.3 is 0 Å². The van der Waals surface area contributed by atoms with Gasteiger partial charge in [-0.2, -0.15) is 0 Å². The van der Waals surface area contributed by atoms with Gasteiger partial charge in [-0.15, -0.1) is 0 Å². The van der Waals surface area contributed by atoms with E-state index in [-0.39, 0.29) is 11.2 Å². The highest BCUT2D eigenvalue weighted by Crippen LogP contribution is 2.23. The number of carbonyl (C=O) groups excluding carboxylic acids is 1. The molecule has 0 saturated heterocycles. The summed E-state index contributed by atoms with van der Waals surface area (Å²) in [4.78, 5) is 11.3. The Morgan fingerprint density at radius 3 is 2.64 bits per heavy atom. The van der Waals surface area contributed by atoms with Gasteiger partial charge in [0.2, 0.25) is 0 Å². The van der Waals surface area contributed by atoms with Gasteiger partial charge in [0, 0.05) is 5.41 Å². The van der Waals surface area contributed by atoms with Gasteiger partial charge in [0.15, 0.2) is 5.78 Å². The molecule has 0 aromatic carbocycles. The molecule has 0 saturated carbocycles. The minimum atomic E-state index is -0.304. The van der Waals surface area contributed by atoms with Crippen molar-refractivity contribution in [3.8, 4) is 0 Å². The summed E-state index contributed by atoms with van der Waals surface area (Å²) in [6.07, 6.45) is 7.68. The molecule has 0 amide bonds. The van der Waals surface area contributed by atoms with E-state index in [1.807, 2.05) is 26.0 Å². The van der Waals surface area contributed by atoms with Crippen LogP contribution >= 0.6 is 0 Å². The van der Waals surface area contributed by atoms with Gasteiger partial charge in [0.1, 0.15) is 0 Å². The maximum Gasteiger partial charge on any atom is 0.164 e. The Balaban J connectivity index is 2.96. The number of hydrogen-bond donors (Lipinski definition) is 0. The van der Waals surface area contributed by atoms with E-state index >= 15 is 0 Å². The normalized spacial score (nSPS) is 28.6. The average Bonchev–Trinajstić information content (AvgIpc) is 2.03. The number of carbonyl (C=O) groups is 1. The summed E-state index contributed by atoms with van der Waals surface area (Å²) in [7, 11) is 0. The van der Waals surface area contributed by atoms with Crippen LogP contribution in [-0.2, 0) is 4.79 Å². The number of ketones is 1. The van der Waals surface area contributed by atoms with Crippen LogP contribution in [0.15, 0.2) is 24.3 Å². The minimum absolute atomic E-state index is 0.193. The molecule has 0 N–H and O–H groups in total. The Morgan fingerprint density at radius 2 is 2.00 bits per heavy atom. The maximum atomic E-state index is 11.3. The predicted molar refractivity (Wildman–Crippen MR) is 46.2 cm³/mol. The number of allylic oxidation sites excluding steroid dienone is 4. The maximum absolute atomic E-state index is 11.3. The third-order valence-corrected chi connectivity index (χ3v) is 2.00. The smallest absolute Gasteiger partial charge is 0.164 e. The highest BCUT2D eigenvalue weighted by Gasteiger charge is 2.23. The van der Waals surface area contributed by atoms with E-state index in [1.165, 1.54) is 0 Å². The molecule has 1 unspecified atom stereocenters. The van der Waals surface area contributed by atoms with Crippen LogP contribution in [0.5, 0.6) is 0 Å². The highest BCUT2D eigenvalue weighted by atomic mass is 16.1. The molecule has 1 aliphatic rings. The van der Waals surface area contributed by atoms with E-state index in [1.54, 1.807) is 6.08 Å². The van der Waals surface area contributed by atoms with Gasteiger partial charge in [-0.1, -0.05) is 25.2 Å². The Hall–Kier alpha value is -0.850. The third-order valence-electron chi connectivity index (χ3n) is 2.00. The first-order valence-electron chi connectivity index (χ1n) is 3.94. The second kappa shape index (κ2) is 2.65. The molecule has 0 heterocycles. The second-order valence-corrected chi connectivity index (χ2v) is 3.66. The number of rotatable bonds is 0. The SMILES string of the molecule is CC1C=CC(=O)C(C)(C)C=C1. The molecule has 60 valence electrons. The monoisotopic (exact) mass is 150 g/mol. The summed E-state index contributed by atoms with van der Waals surface area (Å²) in [5.74, 6) is 0.582. The van der Waals surface area contributed by atoms with Crippen molar-refractivity contribution >= 4 is 5.78 Å². The first-order valence-corrected chi connectivity index (χ1v) is 3.94. The molecule has 11 heavy (non-hydrogen) atoms. The lowest BCUT2D eigenvalue weighted by atomic mass is 9.88.